The lowest BCUT2D eigenvalue weighted by Crippen LogP contribution is -2.62. The summed E-state index contributed by atoms with van der Waals surface area (Å²) in [5, 5.41) is 32.3. The van der Waals surface area contributed by atoms with Gasteiger partial charge in [-0.2, -0.15) is 0 Å². The summed E-state index contributed by atoms with van der Waals surface area (Å²) in [6.07, 6.45) is 0.588. The van der Waals surface area contributed by atoms with Crippen molar-refractivity contribution in [3.63, 3.8) is 0 Å². The molecule has 13 N–H and O–H groups in total. The number of guanidine groups is 1. The monoisotopic (exact) mass is 1100 g/mol. The van der Waals surface area contributed by atoms with Crippen molar-refractivity contribution in [2.75, 3.05) is 39.8 Å². The van der Waals surface area contributed by atoms with Crippen molar-refractivity contribution in [2.45, 2.75) is 155 Å². The van der Waals surface area contributed by atoms with E-state index >= 15 is 0 Å². The molecule has 9 atom stereocenters. The number of nitrogens with zero attached hydrogens (tertiary/aromatic N) is 3. The number of hydrogen-bond donors (Lipinski definition) is 11. The summed E-state index contributed by atoms with van der Waals surface area (Å²) in [7, 11) is 1.42. The Morgan fingerprint density at radius 3 is 1.86 bits per heavy atom. The lowest BCUT2D eigenvalue weighted by Gasteiger charge is -2.31. The third kappa shape index (κ3) is 21.3. The Bertz CT molecular complexity index is 2420. The molecule has 0 unspecified atom stereocenters. The molecule has 0 aliphatic carbocycles. The highest BCUT2D eigenvalue weighted by Gasteiger charge is 2.40. The van der Waals surface area contributed by atoms with E-state index in [4.69, 9.17) is 11.5 Å². The first kappa shape index (κ1) is 65.7. The molecule has 1 heterocycles. The van der Waals surface area contributed by atoms with Gasteiger partial charge in [-0.25, -0.2) is 0 Å². The van der Waals surface area contributed by atoms with Crippen LogP contribution in [0, 0.1) is 11.8 Å². The molecule has 1 aliphatic heterocycles. The lowest BCUT2D eigenvalue weighted by atomic mass is 9.96. The summed E-state index contributed by atoms with van der Waals surface area (Å²) in [4.78, 5) is 142. The Labute approximate surface area is 463 Å². The number of likely N-dealkylation sites (tertiary alicyclic amines) is 1. The highest BCUT2D eigenvalue weighted by atomic mass is 16.3. The summed E-state index contributed by atoms with van der Waals surface area (Å²) in [6.45, 7) is 13.0. The third-order valence-electron chi connectivity index (χ3n) is 13.6. The fraction of sp³-hybridized carbons (Fsp3) is 0.582. The van der Waals surface area contributed by atoms with Gasteiger partial charge in [0.25, 0.3) is 0 Å². The molecule has 79 heavy (non-hydrogen) atoms. The maximum absolute atomic E-state index is 14.4. The molecule has 1 aliphatic rings. The van der Waals surface area contributed by atoms with Gasteiger partial charge in [0.15, 0.2) is 5.96 Å². The number of amides is 10. The van der Waals surface area contributed by atoms with Gasteiger partial charge in [-0.1, -0.05) is 102 Å². The first-order valence-corrected chi connectivity index (χ1v) is 27.2. The minimum atomic E-state index is -1.68. The molecule has 3 rings (SSSR count). The summed E-state index contributed by atoms with van der Waals surface area (Å²) in [5.41, 5.74) is 13.5. The second kappa shape index (κ2) is 33.0. The zero-order chi connectivity index (χ0) is 58.9. The van der Waals surface area contributed by atoms with Gasteiger partial charge in [-0.05, 0) is 74.5 Å². The van der Waals surface area contributed by atoms with Crippen molar-refractivity contribution in [1.82, 2.24) is 52.3 Å². The summed E-state index contributed by atoms with van der Waals surface area (Å²) in [6, 6.07) is 8.11. The quantitative estimate of drug-likeness (QED) is 0.0257. The fourth-order valence-corrected chi connectivity index (χ4v) is 8.74. The normalized spacial score (nSPS) is 16.0. The van der Waals surface area contributed by atoms with Crippen LogP contribution in [0.25, 0.3) is 11.1 Å². The zero-order valence-corrected chi connectivity index (χ0v) is 47.2. The first-order valence-electron chi connectivity index (χ1n) is 27.2. The van der Waals surface area contributed by atoms with E-state index in [0.717, 1.165) is 16.0 Å². The van der Waals surface area contributed by atoms with E-state index in [1.807, 2.05) is 49.4 Å². The molecule has 1 fully saturated rings. The molecule has 0 radical (unpaired) electrons. The number of rotatable bonds is 31. The lowest BCUT2D eigenvalue weighted by molar-refractivity contribution is -0.142. The summed E-state index contributed by atoms with van der Waals surface area (Å²) < 4.78 is 0. The van der Waals surface area contributed by atoms with E-state index in [1.54, 1.807) is 46.8 Å². The molecule has 0 aromatic heterocycles. The van der Waals surface area contributed by atoms with Crippen molar-refractivity contribution in [3.8, 4) is 11.1 Å². The van der Waals surface area contributed by atoms with Crippen molar-refractivity contribution in [1.29, 1.82) is 0 Å². The largest absolute Gasteiger partial charge is 0.391 e. The molecule has 436 valence electrons. The van der Waals surface area contributed by atoms with Crippen LogP contribution in [0.5, 0.6) is 0 Å². The van der Waals surface area contributed by atoms with E-state index in [-0.39, 0.29) is 56.5 Å². The minimum absolute atomic E-state index is 0.0636. The number of benzene rings is 2. The van der Waals surface area contributed by atoms with Crippen LogP contribution in [0.2, 0.25) is 0 Å². The number of carbonyl (C=O) groups excluding carboxylic acids is 10. The van der Waals surface area contributed by atoms with Crippen LogP contribution < -0.4 is 54.0 Å². The maximum Gasteiger partial charge on any atom is 0.245 e. The van der Waals surface area contributed by atoms with E-state index in [0.29, 0.717) is 44.3 Å². The van der Waals surface area contributed by atoms with Crippen LogP contribution in [0.15, 0.2) is 59.6 Å². The zero-order valence-electron chi connectivity index (χ0n) is 47.2. The van der Waals surface area contributed by atoms with Gasteiger partial charge in [0.1, 0.15) is 42.3 Å². The molecular formula is C55H85N13O11. The summed E-state index contributed by atoms with van der Waals surface area (Å²) in [5.74, 6) is -7.71. The van der Waals surface area contributed by atoms with Crippen molar-refractivity contribution < 1.29 is 53.1 Å². The average Bonchev–Trinajstić information content (AvgIpc) is 3.93. The standard InChI is InChI=1S/C55H85N13O11/c1-10-18-39(48(73)65-46(33(6)11-2)52(77)62-40(21-16-27-59-55(56)57)54(79)68-28-17-22-42(68)50(75)58-12-3)61-53(78)47(34(7)69)66-49(74)41(29-36-23-25-38(26-24-36)37-19-14-13-15-20-37)63-51(76)45(32(4)5)64-43(71)30-60-44(72)31-67(9)35(8)70/h13-15,19-20,23-26,32-34,39-42,45-47,69H,10-12,16-18,21-22,27-31H2,1-9H3,(H,58,75)(H,60,72)(H,61,78)(H,62,77)(H,63,76)(H,64,71)(H,65,73)(H,66,74)(H4,56,57,59)/t33-,34+,39-,40-,41+,42-,45-,46-,47-/m0/s1. The molecule has 24 nitrogen and oxygen atoms in total. The number of likely N-dealkylation sites (N-methyl/N-ethyl adjacent to an activating group) is 2. The van der Waals surface area contributed by atoms with Crippen molar-refractivity contribution >= 4 is 65.0 Å². The number of nitrogens with one attached hydrogen (secondary N) is 8. The molecular weight excluding hydrogens is 1020 g/mol. The van der Waals surface area contributed by atoms with Gasteiger partial charge in [-0.15, -0.1) is 0 Å². The SMILES string of the molecule is CCC[C@H](NC(=O)[C@@H](NC(=O)[C@@H](Cc1ccc(-c2ccccc2)cc1)NC(=O)[C@@H](NC(=O)CNC(=O)CN(C)C(C)=O)C(C)C)[C@@H](C)O)C(=O)N[C@H](C(=O)N[C@@H](CCCN=C(N)N)C(=O)N1CCC[C@H]1C(=O)NCC)[C@@H](C)CC. The van der Waals surface area contributed by atoms with E-state index in [9.17, 15) is 53.1 Å². The van der Waals surface area contributed by atoms with Gasteiger partial charge in [0, 0.05) is 40.0 Å². The van der Waals surface area contributed by atoms with E-state index < -0.39 is 114 Å². The Hall–Kier alpha value is -7.63. The van der Waals surface area contributed by atoms with Crippen LogP contribution in [-0.2, 0) is 54.4 Å². The number of hydrogen-bond acceptors (Lipinski definition) is 12. The van der Waals surface area contributed by atoms with Gasteiger partial charge >= 0.3 is 0 Å². The molecule has 0 saturated carbocycles. The Kier molecular flexibility index (Phi) is 27.4. The molecule has 2 aromatic rings. The number of aliphatic hydroxyl groups excluding tert-OH is 1. The van der Waals surface area contributed by atoms with Crippen LogP contribution in [-0.4, -0.2) is 168 Å². The second-order valence-corrected chi connectivity index (χ2v) is 20.3. The first-order chi connectivity index (χ1) is 37.4. The Morgan fingerprint density at radius 1 is 0.696 bits per heavy atom. The maximum atomic E-state index is 14.4. The van der Waals surface area contributed by atoms with Crippen molar-refractivity contribution in [3.05, 3.63) is 60.2 Å². The minimum Gasteiger partial charge on any atom is -0.391 e. The number of aliphatic hydroxyl groups is 1. The topological polar surface area (TPSA) is 358 Å². The van der Waals surface area contributed by atoms with Crippen LogP contribution >= 0.6 is 0 Å². The predicted molar refractivity (Wildman–Crippen MR) is 298 cm³/mol. The molecule has 24 heteroatoms. The summed E-state index contributed by atoms with van der Waals surface area (Å²) >= 11 is 0. The van der Waals surface area contributed by atoms with Gasteiger partial charge < -0.3 is 68.9 Å². The second-order valence-electron chi connectivity index (χ2n) is 20.3. The van der Waals surface area contributed by atoms with Gasteiger partial charge in [0.2, 0.25) is 59.1 Å². The highest BCUT2D eigenvalue weighted by molar-refractivity contribution is 5.98. The Balaban J connectivity index is 1.89. The highest BCUT2D eigenvalue weighted by Crippen LogP contribution is 2.22. The van der Waals surface area contributed by atoms with Crippen LogP contribution in [0.4, 0.5) is 0 Å². The molecule has 10 amide bonds. The Morgan fingerprint density at radius 2 is 1.28 bits per heavy atom. The average molecular weight is 1100 g/mol. The van der Waals surface area contributed by atoms with Crippen LogP contribution in [0.3, 0.4) is 0 Å². The smallest absolute Gasteiger partial charge is 0.245 e. The number of aliphatic imine (C=N–C) groups is 1. The van der Waals surface area contributed by atoms with Crippen LogP contribution in [0.1, 0.15) is 106 Å². The number of carbonyl (C=O) groups is 10. The van der Waals surface area contributed by atoms with Crippen molar-refractivity contribution in [2.24, 2.45) is 28.3 Å². The molecule has 2 aromatic carbocycles. The molecule has 0 bridgehead atoms. The van der Waals surface area contributed by atoms with Gasteiger partial charge in [0.05, 0.1) is 19.2 Å². The van der Waals surface area contributed by atoms with E-state index in [2.05, 4.69) is 47.5 Å². The third-order valence-corrected chi connectivity index (χ3v) is 13.6. The van der Waals surface area contributed by atoms with E-state index in [1.165, 1.54) is 25.8 Å². The number of nitrogens with two attached hydrogens (primary N) is 2. The molecule has 0 spiro atoms. The predicted octanol–water partition coefficient (Wildman–Crippen LogP) is -0.537. The fourth-order valence-electron chi connectivity index (χ4n) is 8.74. The molecule has 1 saturated heterocycles. The van der Waals surface area contributed by atoms with Gasteiger partial charge in [-0.3, -0.25) is 52.9 Å².